The highest BCUT2D eigenvalue weighted by Crippen LogP contribution is 2.59. The third kappa shape index (κ3) is 2.86. The number of aryl methyl sites for hydroxylation is 1. The van der Waals surface area contributed by atoms with Crippen molar-refractivity contribution in [2.75, 3.05) is 5.32 Å². The van der Waals surface area contributed by atoms with Gasteiger partial charge in [0.1, 0.15) is 5.82 Å². The molecule has 1 aliphatic carbocycles. The molecule has 0 bridgehead atoms. The van der Waals surface area contributed by atoms with E-state index in [1.807, 2.05) is 29.8 Å². The fraction of sp³-hybridized carbons (Fsp3) is 0.421. The van der Waals surface area contributed by atoms with Crippen LogP contribution in [0.4, 0.5) is 5.69 Å². The first-order valence-corrected chi connectivity index (χ1v) is 8.23. The molecule has 1 N–H and O–H groups in total. The van der Waals surface area contributed by atoms with E-state index < -0.39 is 0 Å². The molecule has 3 rings (SSSR count). The molecular formula is C19H24N4O. The van der Waals surface area contributed by atoms with Crippen molar-refractivity contribution in [2.45, 2.75) is 34.6 Å². The summed E-state index contributed by atoms with van der Waals surface area (Å²) in [5, 5.41) is 3.07. The molecule has 1 saturated carbocycles. The Hall–Kier alpha value is -2.43. The van der Waals surface area contributed by atoms with Gasteiger partial charge in [-0.2, -0.15) is 0 Å². The Labute approximate surface area is 142 Å². The fourth-order valence-corrected chi connectivity index (χ4v) is 3.35. The van der Waals surface area contributed by atoms with Crippen molar-refractivity contribution in [3.05, 3.63) is 48.2 Å². The Morgan fingerprint density at radius 2 is 2.04 bits per heavy atom. The fourth-order valence-electron chi connectivity index (χ4n) is 3.35. The largest absolute Gasteiger partial charge is 0.323 e. The first kappa shape index (κ1) is 16.4. The maximum Gasteiger partial charge on any atom is 0.228 e. The smallest absolute Gasteiger partial charge is 0.228 e. The van der Waals surface area contributed by atoms with Crippen molar-refractivity contribution in [1.82, 2.24) is 14.5 Å². The minimum atomic E-state index is -0.00987. The monoisotopic (exact) mass is 324 g/mol. The van der Waals surface area contributed by atoms with Crippen LogP contribution in [0.2, 0.25) is 0 Å². The van der Waals surface area contributed by atoms with Crippen LogP contribution in [0, 0.1) is 24.2 Å². The lowest BCUT2D eigenvalue weighted by atomic mass is 10.1. The van der Waals surface area contributed by atoms with Gasteiger partial charge in [-0.15, -0.1) is 0 Å². The summed E-state index contributed by atoms with van der Waals surface area (Å²) in [6.45, 7) is 10.3. The lowest BCUT2D eigenvalue weighted by Crippen LogP contribution is -2.18. The summed E-state index contributed by atoms with van der Waals surface area (Å²) < 4.78 is 1.88. The first-order chi connectivity index (χ1) is 11.3. The minimum absolute atomic E-state index is 0.00531. The van der Waals surface area contributed by atoms with Gasteiger partial charge in [0, 0.05) is 18.6 Å². The van der Waals surface area contributed by atoms with E-state index >= 15 is 0 Å². The number of nitrogens with one attached hydrogen (secondary N) is 1. The molecule has 0 spiro atoms. The summed E-state index contributed by atoms with van der Waals surface area (Å²) in [5.41, 5.74) is 1.95. The molecule has 2 aromatic rings. The number of pyridine rings is 1. The van der Waals surface area contributed by atoms with Gasteiger partial charge in [0.05, 0.1) is 11.6 Å². The molecule has 5 nitrogen and oxygen atoms in total. The molecule has 1 amide bonds. The van der Waals surface area contributed by atoms with Crippen LogP contribution in [0.15, 0.2) is 42.4 Å². The van der Waals surface area contributed by atoms with Crippen LogP contribution in [-0.4, -0.2) is 20.4 Å². The molecule has 0 aliphatic heterocycles. The third-order valence-corrected chi connectivity index (χ3v) is 4.80. The molecule has 0 aromatic carbocycles. The summed E-state index contributed by atoms with van der Waals surface area (Å²) >= 11 is 0. The van der Waals surface area contributed by atoms with Crippen molar-refractivity contribution in [3.8, 4) is 5.82 Å². The molecule has 1 aliphatic rings. The van der Waals surface area contributed by atoms with Crippen LogP contribution >= 0.6 is 0 Å². The molecule has 2 heterocycles. The molecule has 126 valence electrons. The second-order valence-corrected chi connectivity index (χ2v) is 7.28. The van der Waals surface area contributed by atoms with Crippen molar-refractivity contribution in [1.29, 1.82) is 0 Å². The quantitative estimate of drug-likeness (QED) is 0.871. The van der Waals surface area contributed by atoms with Gasteiger partial charge in [-0.3, -0.25) is 9.36 Å². The summed E-state index contributed by atoms with van der Waals surface area (Å²) in [6, 6.07) is 3.71. The van der Waals surface area contributed by atoms with Gasteiger partial charge in [-0.1, -0.05) is 25.5 Å². The van der Waals surface area contributed by atoms with Gasteiger partial charge in [0.25, 0.3) is 0 Å². The number of hydrogen-bond donors (Lipinski definition) is 1. The number of rotatable bonds is 4. The predicted molar refractivity (Wildman–Crippen MR) is 94.9 cm³/mol. The van der Waals surface area contributed by atoms with Crippen molar-refractivity contribution >= 4 is 11.6 Å². The topological polar surface area (TPSA) is 59.8 Å². The van der Waals surface area contributed by atoms with Gasteiger partial charge in [-0.25, -0.2) is 9.97 Å². The minimum Gasteiger partial charge on any atom is -0.323 e. The van der Waals surface area contributed by atoms with Crippen molar-refractivity contribution in [3.63, 3.8) is 0 Å². The zero-order valence-corrected chi connectivity index (χ0v) is 14.9. The van der Waals surface area contributed by atoms with Crippen LogP contribution in [0.5, 0.6) is 0 Å². The van der Waals surface area contributed by atoms with Gasteiger partial charge < -0.3 is 5.32 Å². The van der Waals surface area contributed by atoms with Gasteiger partial charge >= 0.3 is 0 Å². The Morgan fingerprint density at radius 1 is 1.29 bits per heavy atom. The van der Waals surface area contributed by atoms with E-state index in [-0.39, 0.29) is 23.2 Å². The Balaban J connectivity index is 1.84. The van der Waals surface area contributed by atoms with Crippen LogP contribution in [-0.2, 0) is 4.79 Å². The number of nitrogens with zero attached hydrogens (tertiary/aromatic N) is 3. The van der Waals surface area contributed by atoms with Crippen molar-refractivity contribution < 1.29 is 4.79 Å². The summed E-state index contributed by atoms with van der Waals surface area (Å²) in [7, 11) is 0. The molecule has 0 radical (unpaired) electrons. The molecule has 24 heavy (non-hydrogen) atoms. The SMILES string of the molecule is CC(C)=C[C@@H]1[C@@H](C(=O)Nc2cccnc2-n2ccnc2C)C1(C)C. The van der Waals surface area contributed by atoms with Crippen LogP contribution < -0.4 is 5.32 Å². The van der Waals surface area contributed by atoms with Gasteiger partial charge in [-0.05, 0) is 44.2 Å². The van der Waals surface area contributed by atoms with E-state index in [0.717, 1.165) is 5.82 Å². The zero-order valence-electron chi connectivity index (χ0n) is 14.9. The second-order valence-electron chi connectivity index (χ2n) is 7.28. The summed E-state index contributed by atoms with van der Waals surface area (Å²) in [6.07, 6.45) is 7.50. The Morgan fingerprint density at radius 3 is 2.67 bits per heavy atom. The van der Waals surface area contributed by atoms with E-state index in [1.54, 1.807) is 12.4 Å². The van der Waals surface area contributed by atoms with Crippen LogP contribution in [0.3, 0.4) is 0 Å². The highest BCUT2D eigenvalue weighted by Gasteiger charge is 2.60. The van der Waals surface area contributed by atoms with E-state index in [9.17, 15) is 4.79 Å². The number of carbonyl (C=O) groups is 1. The van der Waals surface area contributed by atoms with E-state index in [2.05, 4.69) is 49.1 Å². The number of hydrogen-bond acceptors (Lipinski definition) is 3. The van der Waals surface area contributed by atoms with Crippen LogP contribution in [0.1, 0.15) is 33.5 Å². The van der Waals surface area contributed by atoms with E-state index in [0.29, 0.717) is 11.5 Å². The maximum absolute atomic E-state index is 12.8. The zero-order chi connectivity index (χ0) is 17.5. The highest BCUT2D eigenvalue weighted by atomic mass is 16.2. The first-order valence-electron chi connectivity index (χ1n) is 8.23. The van der Waals surface area contributed by atoms with Gasteiger partial charge in [0.2, 0.25) is 5.91 Å². The summed E-state index contributed by atoms with van der Waals surface area (Å²) in [5.74, 6) is 1.85. The van der Waals surface area contributed by atoms with E-state index in [4.69, 9.17) is 0 Å². The number of aromatic nitrogens is 3. The molecule has 5 heteroatoms. The molecular weight excluding hydrogens is 300 g/mol. The molecule has 2 atom stereocenters. The molecule has 0 saturated heterocycles. The average Bonchev–Trinajstić information content (AvgIpc) is 2.83. The molecule has 2 aromatic heterocycles. The van der Waals surface area contributed by atoms with E-state index in [1.165, 1.54) is 5.57 Å². The van der Waals surface area contributed by atoms with Crippen molar-refractivity contribution in [2.24, 2.45) is 17.3 Å². The number of amides is 1. The molecule has 1 fully saturated rings. The van der Waals surface area contributed by atoms with Gasteiger partial charge in [0.15, 0.2) is 5.82 Å². The molecule has 0 unspecified atom stereocenters. The number of imidazole rings is 1. The van der Waals surface area contributed by atoms with Crippen LogP contribution in [0.25, 0.3) is 5.82 Å². The lowest BCUT2D eigenvalue weighted by Gasteiger charge is -2.12. The Kier molecular flexibility index (Phi) is 4.03. The number of allylic oxidation sites excluding steroid dienone is 2. The second kappa shape index (κ2) is 5.89. The number of carbonyl (C=O) groups excluding carboxylic acids is 1. The summed E-state index contributed by atoms with van der Waals surface area (Å²) in [4.78, 5) is 21.4. The standard InChI is InChI=1S/C19H24N4O/c1-12(2)11-14-16(19(14,4)5)18(24)22-15-7-6-8-21-17(15)23-10-9-20-13(23)3/h6-11,14,16H,1-5H3,(H,22,24)/t14-,16+/m1/s1. The maximum atomic E-state index is 12.8. The third-order valence-electron chi connectivity index (χ3n) is 4.80. The number of anilines is 1. The highest BCUT2D eigenvalue weighted by molar-refractivity contribution is 5.97. The lowest BCUT2D eigenvalue weighted by molar-refractivity contribution is -0.118. The predicted octanol–water partition coefficient (Wildman–Crippen LogP) is 3.75. The Bertz CT molecular complexity index is 799. The normalized spacial score (nSPS) is 21.2. The average molecular weight is 324 g/mol.